The third-order valence-corrected chi connectivity index (χ3v) is 5.50. The summed E-state index contributed by atoms with van der Waals surface area (Å²) in [5.41, 5.74) is 3.46. The minimum absolute atomic E-state index is 0.169. The quantitative estimate of drug-likeness (QED) is 0.646. The number of hydrogen-bond donors (Lipinski definition) is 0. The molecule has 28 heavy (non-hydrogen) atoms. The molecule has 146 valence electrons. The second kappa shape index (κ2) is 8.00. The zero-order chi connectivity index (χ0) is 19.5. The molecular weight excluding hydrogens is 352 g/mol. The Hall–Kier alpha value is -2.89. The minimum atomic E-state index is 0.169. The van der Waals surface area contributed by atoms with Gasteiger partial charge in [0.15, 0.2) is 0 Å². The van der Waals surface area contributed by atoms with Crippen LogP contribution in [0.2, 0.25) is 0 Å². The number of fused-ring (bicyclic) bond motifs is 1. The molecule has 1 aromatic carbocycles. The second-order valence-electron chi connectivity index (χ2n) is 7.29. The summed E-state index contributed by atoms with van der Waals surface area (Å²) >= 11 is 0. The van der Waals surface area contributed by atoms with E-state index in [9.17, 15) is 4.79 Å². The van der Waals surface area contributed by atoms with Crippen molar-refractivity contribution in [3.8, 4) is 11.4 Å². The van der Waals surface area contributed by atoms with Gasteiger partial charge in [-0.3, -0.25) is 4.79 Å². The summed E-state index contributed by atoms with van der Waals surface area (Å²) in [4.78, 5) is 19.3. The Kier molecular flexibility index (Phi) is 5.28. The van der Waals surface area contributed by atoms with Gasteiger partial charge in [-0.1, -0.05) is 42.4 Å². The van der Waals surface area contributed by atoms with Crippen LogP contribution in [0.3, 0.4) is 0 Å². The lowest BCUT2D eigenvalue weighted by Crippen LogP contribution is -2.42. The number of nitrogens with zero attached hydrogens (tertiary/aromatic N) is 4. The fraction of sp³-hybridized carbons (Fsp3) is 0.409. The Morgan fingerprint density at radius 2 is 2.00 bits per heavy atom. The first-order chi connectivity index (χ1) is 13.7. The number of carbonyl (C=O) groups is 1. The highest BCUT2D eigenvalue weighted by Crippen LogP contribution is 2.30. The number of aromatic nitrogens is 3. The van der Waals surface area contributed by atoms with E-state index in [0.717, 1.165) is 25.1 Å². The Morgan fingerprint density at radius 3 is 2.79 bits per heavy atom. The van der Waals surface area contributed by atoms with Gasteiger partial charge in [-0.2, -0.15) is 4.98 Å². The lowest BCUT2D eigenvalue weighted by atomic mass is 10.1. The van der Waals surface area contributed by atoms with Crippen molar-refractivity contribution >= 4 is 5.91 Å². The molecule has 3 heterocycles. The van der Waals surface area contributed by atoms with Gasteiger partial charge >= 0.3 is 0 Å². The van der Waals surface area contributed by atoms with Gasteiger partial charge in [0.2, 0.25) is 17.6 Å². The van der Waals surface area contributed by atoms with E-state index < -0.39 is 0 Å². The van der Waals surface area contributed by atoms with Gasteiger partial charge in [0, 0.05) is 42.9 Å². The molecule has 1 amide bonds. The molecule has 0 fully saturated rings. The molecule has 0 N–H and O–H groups in total. The molecule has 6 heteroatoms. The molecule has 3 aromatic rings. The van der Waals surface area contributed by atoms with Crippen LogP contribution in [0.1, 0.15) is 49.5 Å². The molecule has 1 aliphatic heterocycles. The van der Waals surface area contributed by atoms with Gasteiger partial charge in [0.25, 0.3) is 0 Å². The van der Waals surface area contributed by atoms with E-state index in [4.69, 9.17) is 4.52 Å². The SMILES string of the molecule is CC[C@@H]1c2ccc(C)n2CCN1C(=O)CCCc1nc(-c2ccccc2)no1. The van der Waals surface area contributed by atoms with Gasteiger partial charge < -0.3 is 14.0 Å². The number of carbonyl (C=O) groups excluding carboxylic acids is 1. The van der Waals surface area contributed by atoms with Crippen LogP contribution in [0.15, 0.2) is 47.0 Å². The van der Waals surface area contributed by atoms with E-state index in [-0.39, 0.29) is 11.9 Å². The second-order valence-corrected chi connectivity index (χ2v) is 7.29. The van der Waals surface area contributed by atoms with Gasteiger partial charge in [-0.15, -0.1) is 0 Å². The lowest BCUT2D eigenvalue weighted by molar-refractivity contribution is -0.135. The lowest BCUT2D eigenvalue weighted by Gasteiger charge is -2.37. The summed E-state index contributed by atoms with van der Waals surface area (Å²) in [5.74, 6) is 1.39. The highest BCUT2D eigenvalue weighted by atomic mass is 16.5. The molecule has 0 spiro atoms. The molecule has 2 aromatic heterocycles. The monoisotopic (exact) mass is 378 g/mol. The van der Waals surface area contributed by atoms with Crippen LogP contribution >= 0.6 is 0 Å². The topological polar surface area (TPSA) is 64.2 Å². The van der Waals surface area contributed by atoms with Crippen LogP contribution in [0.4, 0.5) is 0 Å². The first-order valence-corrected chi connectivity index (χ1v) is 10.0. The average Bonchev–Trinajstić information content (AvgIpc) is 3.35. The highest BCUT2D eigenvalue weighted by molar-refractivity contribution is 5.76. The zero-order valence-electron chi connectivity index (χ0n) is 16.5. The summed E-state index contributed by atoms with van der Waals surface area (Å²) in [6, 6.07) is 14.2. The maximum absolute atomic E-state index is 12.9. The predicted molar refractivity (Wildman–Crippen MR) is 107 cm³/mol. The maximum Gasteiger partial charge on any atom is 0.226 e. The smallest absolute Gasteiger partial charge is 0.226 e. The normalized spacial score (nSPS) is 16.2. The Morgan fingerprint density at radius 1 is 1.18 bits per heavy atom. The summed E-state index contributed by atoms with van der Waals surface area (Å²) in [7, 11) is 0. The zero-order valence-corrected chi connectivity index (χ0v) is 16.5. The number of benzene rings is 1. The number of rotatable bonds is 6. The van der Waals surface area contributed by atoms with E-state index in [1.807, 2.05) is 35.2 Å². The van der Waals surface area contributed by atoms with Crippen LogP contribution in [-0.4, -0.2) is 32.1 Å². The minimum Gasteiger partial charge on any atom is -0.345 e. The van der Waals surface area contributed by atoms with E-state index >= 15 is 0 Å². The Labute approximate surface area is 165 Å². The van der Waals surface area contributed by atoms with Gasteiger partial charge in [-0.05, 0) is 31.9 Å². The fourth-order valence-corrected chi connectivity index (χ4v) is 4.03. The molecular formula is C22H26N4O2. The first kappa shape index (κ1) is 18.5. The number of hydrogen-bond acceptors (Lipinski definition) is 4. The van der Waals surface area contributed by atoms with E-state index in [1.165, 1.54) is 11.4 Å². The van der Waals surface area contributed by atoms with Crippen molar-refractivity contribution in [1.29, 1.82) is 0 Å². The van der Waals surface area contributed by atoms with Crippen molar-refractivity contribution in [1.82, 2.24) is 19.6 Å². The highest BCUT2D eigenvalue weighted by Gasteiger charge is 2.29. The van der Waals surface area contributed by atoms with Crippen LogP contribution in [0.25, 0.3) is 11.4 Å². The molecule has 0 aliphatic carbocycles. The third-order valence-electron chi connectivity index (χ3n) is 5.50. The predicted octanol–water partition coefficient (Wildman–Crippen LogP) is 4.16. The Balaban J connectivity index is 1.34. The van der Waals surface area contributed by atoms with Gasteiger partial charge in [0.05, 0.1) is 6.04 Å². The largest absolute Gasteiger partial charge is 0.345 e. The van der Waals surface area contributed by atoms with Crippen molar-refractivity contribution in [3.63, 3.8) is 0 Å². The molecule has 1 atom stereocenters. The van der Waals surface area contributed by atoms with Crippen LogP contribution in [0.5, 0.6) is 0 Å². The number of aryl methyl sites for hydroxylation is 2. The van der Waals surface area contributed by atoms with Crippen LogP contribution < -0.4 is 0 Å². The molecule has 0 saturated carbocycles. The summed E-state index contributed by atoms with van der Waals surface area (Å²) in [5, 5.41) is 4.04. The number of amides is 1. The van der Waals surface area contributed by atoms with Crippen LogP contribution in [-0.2, 0) is 17.8 Å². The van der Waals surface area contributed by atoms with Crippen molar-refractivity contribution in [2.24, 2.45) is 0 Å². The van der Waals surface area contributed by atoms with Crippen molar-refractivity contribution in [3.05, 3.63) is 59.7 Å². The third kappa shape index (κ3) is 3.59. The van der Waals surface area contributed by atoms with E-state index in [1.54, 1.807) is 0 Å². The molecule has 0 radical (unpaired) electrons. The molecule has 0 bridgehead atoms. The summed E-state index contributed by atoms with van der Waals surface area (Å²) < 4.78 is 7.68. The molecule has 0 unspecified atom stereocenters. The van der Waals surface area contributed by atoms with Crippen molar-refractivity contribution in [2.75, 3.05) is 6.54 Å². The van der Waals surface area contributed by atoms with Crippen LogP contribution in [0, 0.1) is 6.92 Å². The Bertz CT molecular complexity index is 945. The standard InChI is InChI=1S/C22H26N4O2/c1-3-18-19-13-12-16(2)25(19)14-15-26(18)21(27)11-7-10-20-23-22(24-28-20)17-8-5-4-6-9-17/h4-6,8-9,12-13,18H,3,7,10-11,14-15H2,1-2H3/t18-/m1/s1. The van der Waals surface area contributed by atoms with Gasteiger partial charge in [0.1, 0.15) is 0 Å². The van der Waals surface area contributed by atoms with Crippen molar-refractivity contribution < 1.29 is 9.32 Å². The molecule has 0 saturated heterocycles. The summed E-state index contributed by atoms with van der Waals surface area (Å²) in [6.45, 7) is 5.92. The molecule has 4 rings (SSSR count). The maximum atomic E-state index is 12.9. The fourth-order valence-electron chi connectivity index (χ4n) is 4.03. The average molecular weight is 378 g/mol. The van der Waals surface area contributed by atoms with E-state index in [2.05, 4.69) is 40.7 Å². The summed E-state index contributed by atoms with van der Waals surface area (Å²) in [6.07, 6.45) is 2.76. The first-order valence-electron chi connectivity index (χ1n) is 10.0. The van der Waals surface area contributed by atoms with E-state index in [0.29, 0.717) is 31.0 Å². The molecule has 1 aliphatic rings. The molecule has 6 nitrogen and oxygen atoms in total. The van der Waals surface area contributed by atoms with Crippen molar-refractivity contribution in [2.45, 2.75) is 52.1 Å². The van der Waals surface area contributed by atoms with Gasteiger partial charge in [-0.25, -0.2) is 0 Å².